The molecule has 0 aliphatic carbocycles. The number of hydrogen-bond donors (Lipinski definition) is 2. The molecular weight excluding hydrogens is 254 g/mol. The largest absolute Gasteiger partial charge is 0.340 e. The summed E-state index contributed by atoms with van der Waals surface area (Å²) in [6, 6.07) is 0.329. The molecule has 0 aromatic rings. The number of ketones is 1. The molecular formula is C15H29N3O2. The van der Waals surface area contributed by atoms with Crippen molar-refractivity contribution in [2.75, 3.05) is 26.2 Å². The first-order valence-corrected chi connectivity index (χ1v) is 7.53. The van der Waals surface area contributed by atoms with Crippen LogP contribution in [0.15, 0.2) is 0 Å². The molecule has 0 saturated carbocycles. The smallest absolute Gasteiger partial charge is 0.230 e. The number of nitrogens with one attached hydrogen (secondary N) is 2. The van der Waals surface area contributed by atoms with Gasteiger partial charge in [-0.2, -0.15) is 0 Å². The van der Waals surface area contributed by atoms with Gasteiger partial charge in [-0.25, -0.2) is 0 Å². The fourth-order valence-corrected chi connectivity index (χ4v) is 2.16. The second kappa shape index (κ2) is 7.18. The van der Waals surface area contributed by atoms with Crippen LogP contribution in [0.4, 0.5) is 0 Å². The van der Waals surface area contributed by atoms with Crippen LogP contribution in [0.1, 0.15) is 41.0 Å². The quantitative estimate of drug-likeness (QED) is 0.752. The lowest BCUT2D eigenvalue weighted by Gasteiger charge is -2.33. The van der Waals surface area contributed by atoms with E-state index in [4.69, 9.17) is 0 Å². The van der Waals surface area contributed by atoms with Crippen LogP contribution >= 0.6 is 0 Å². The van der Waals surface area contributed by atoms with E-state index in [9.17, 15) is 9.59 Å². The average molecular weight is 283 g/mol. The summed E-state index contributed by atoms with van der Waals surface area (Å²) >= 11 is 0. The Balaban J connectivity index is 2.59. The zero-order valence-corrected chi connectivity index (χ0v) is 13.5. The summed E-state index contributed by atoms with van der Waals surface area (Å²) < 4.78 is 0. The molecule has 5 nitrogen and oxygen atoms in total. The zero-order valence-electron chi connectivity index (χ0n) is 13.5. The van der Waals surface area contributed by atoms with E-state index >= 15 is 0 Å². The minimum atomic E-state index is -0.0771. The Morgan fingerprint density at radius 2 is 1.85 bits per heavy atom. The van der Waals surface area contributed by atoms with Gasteiger partial charge in [0.15, 0.2) is 0 Å². The summed E-state index contributed by atoms with van der Waals surface area (Å²) in [5.74, 6) is -0.115. The van der Waals surface area contributed by atoms with Gasteiger partial charge in [0.25, 0.3) is 0 Å². The molecule has 1 aliphatic rings. The first-order valence-electron chi connectivity index (χ1n) is 7.53. The lowest BCUT2D eigenvalue weighted by Crippen LogP contribution is -2.54. The van der Waals surface area contributed by atoms with E-state index in [1.807, 2.05) is 13.8 Å². The maximum Gasteiger partial charge on any atom is 0.230 e. The lowest BCUT2D eigenvalue weighted by molar-refractivity contribution is -0.136. The molecule has 0 aromatic carbocycles. The van der Waals surface area contributed by atoms with Gasteiger partial charge in [-0.1, -0.05) is 13.8 Å². The Hall–Kier alpha value is -0.940. The molecule has 1 heterocycles. The monoisotopic (exact) mass is 283 g/mol. The molecule has 1 amide bonds. The number of nitrogens with zero attached hydrogens (tertiary/aromatic N) is 1. The van der Waals surface area contributed by atoms with Gasteiger partial charge in [0, 0.05) is 43.7 Å². The molecule has 2 N–H and O–H groups in total. The molecule has 20 heavy (non-hydrogen) atoms. The summed E-state index contributed by atoms with van der Waals surface area (Å²) in [6.07, 6.45) is 0.0244. The minimum Gasteiger partial charge on any atom is -0.340 e. The number of hydrogen-bond acceptors (Lipinski definition) is 4. The molecule has 5 heteroatoms. The van der Waals surface area contributed by atoms with E-state index in [1.54, 1.807) is 4.90 Å². The third-order valence-electron chi connectivity index (χ3n) is 4.20. The molecule has 1 fully saturated rings. The van der Waals surface area contributed by atoms with Gasteiger partial charge in [-0.05, 0) is 20.8 Å². The van der Waals surface area contributed by atoms with Crippen molar-refractivity contribution in [2.24, 2.45) is 5.92 Å². The van der Waals surface area contributed by atoms with Crippen LogP contribution in [-0.4, -0.2) is 54.4 Å². The van der Waals surface area contributed by atoms with E-state index in [1.165, 1.54) is 0 Å². The van der Waals surface area contributed by atoms with Crippen LogP contribution < -0.4 is 10.6 Å². The standard InChI is InChI=1S/C15H29N3O2/c1-11(2)13(19)10-14(20)18-8-6-16-12(3)15(4,5)17-7-9-18/h11-12,16-17H,6-10H2,1-5H3/t12-/m1/s1. The molecule has 1 rings (SSSR count). The Labute approximate surface area is 122 Å². The van der Waals surface area contributed by atoms with E-state index < -0.39 is 0 Å². The molecule has 0 spiro atoms. The Morgan fingerprint density at radius 1 is 1.25 bits per heavy atom. The van der Waals surface area contributed by atoms with Crippen molar-refractivity contribution in [3.63, 3.8) is 0 Å². The van der Waals surface area contributed by atoms with Crippen LogP contribution in [-0.2, 0) is 9.59 Å². The van der Waals surface area contributed by atoms with Crippen molar-refractivity contribution < 1.29 is 9.59 Å². The van der Waals surface area contributed by atoms with Crippen molar-refractivity contribution >= 4 is 11.7 Å². The maximum absolute atomic E-state index is 12.2. The summed E-state index contributed by atoms with van der Waals surface area (Å²) in [7, 11) is 0. The van der Waals surface area contributed by atoms with E-state index in [0.717, 1.165) is 13.1 Å². The number of amides is 1. The molecule has 0 aromatic heterocycles. The van der Waals surface area contributed by atoms with Crippen molar-refractivity contribution in [1.82, 2.24) is 15.5 Å². The first kappa shape index (κ1) is 17.1. The van der Waals surface area contributed by atoms with Gasteiger partial charge in [0.05, 0.1) is 6.42 Å². The van der Waals surface area contributed by atoms with Gasteiger partial charge < -0.3 is 15.5 Å². The Bertz CT molecular complexity index is 353. The third kappa shape index (κ3) is 4.87. The van der Waals surface area contributed by atoms with Crippen LogP contribution in [0.25, 0.3) is 0 Å². The number of rotatable bonds is 3. The molecule has 0 unspecified atom stereocenters. The van der Waals surface area contributed by atoms with Gasteiger partial charge >= 0.3 is 0 Å². The van der Waals surface area contributed by atoms with Crippen molar-refractivity contribution in [2.45, 2.75) is 52.6 Å². The zero-order chi connectivity index (χ0) is 15.3. The molecule has 1 aliphatic heterocycles. The molecule has 1 saturated heterocycles. The highest BCUT2D eigenvalue weighted by molar-refractivity contribution is 5.98. The van der Waals surface area contributed by atoms with Gasteiger partial charge in [0.2, 0.25) is 5.91 Å². The fourth-order valence-electron chi connectivity index (χ4n) is 2.16. The predicted molar refractivity (Wildman–Crippen MR) is 80.6 cm³/mol. The first-order chi connectivity index (χ1) is 9.24. The Morgan fingerprint density at radius 3 is 2.45 bits per heavy atom. The second-order valence-corrected chi connectivity index (χ2v) is 6.50. The van der Waals surface area contributed by atoms with E-state index in [-0.39, 0.29) is 29.6 Å². The second-order valence-electron chi connectivity index (χ2n) is 6.50. The average Bonchev–Trinajstić information content (AvgIpc) is 2.41. The van der Waals surface area contributed by atoms with Crippen LogP contribution in [0.2, 0.25) is 0 Å². The van der Waals surface area contributed by atoms with Crippen LogP contribution in [0, 0.1) is 5.92 Å². The topological polar surface area (TPSA) is 61.4 Å². The molecule has 0 radical (unpaired) electrons. The summed E-state index contributed by atoms with van der Waals surface area (Å²) in [5.41, 5.74) is -0.00713. The van der Waals surface area contributed by atoms with Gasteiger partial charge in [-0.3, -0.25) is 9.59 Å². The highest BCUT2D eigenvalue weighted by atomic mass is 16.2. The highest BCUT2D eigenvalue weighted by Crippen LogP contribution is 2.10. The Kier molecular flexibility index (Phi) is 6.14. The normalized spacial score (nSPS) is 23.9. The van der Waals surface area contributed by atoms with Crippen molar-refractivity contribution in [3.8, 4) is 0 Å². The summed E-state index contributed by atoms with van der Waals surface area (Å²) in [4.78, 5) is 25.7. The molecule has 116 valence electrons. The minimum absolute atomic E-state index is 0.00713. The van der Waals surface area contributed by atoms with Crippen LogP contribution in [0.3, 0.4) is 0 Å². The van der Waals surface area contributed by atoms with Crippen molar-refractivity contribution in [1.29, 1.82) is 0 Å². The maximum atomic E-state index is 12.2. The van der Waals surface area contributed by atoms with E-state index in [2.05, 4.69) is 31.4 Å². The van der Waals surface area contributed by atoms with Gasteiger partial charge in [0.1, 0.15) is 5.78 Å². The molecule has 0 bridgehead atoms. The highest BCUT2D eigenvalue weighted by Gasteiger charge is 2.27. The summed E-state index contributed by atoms with van der Waals surface area (Å²) in [6.45, 7) is 13.0. The number of carbonyl (C=O) groups is 2. The van der Waals surface area contributed by atoms with E-state index in [0.29, 0.717) is 19.1 Å². The number of Topliss-reactive ketones (excluding diaryl/α,β-unsaturated/α-hetero) is 1. The SMILES string of the molecule is CC(C)C(=O)CC(=O)N1CCN[C@H](C)C(C)(C)NCC1. The molecule has 1 atom stereocenters. The third-order valence-corrected chi connectivity index (χ3v) is 4.20. The van der Waals surface area contributed by atoms with Crippen molar-refractivity contribution in [3.05, 3.63) is 0 Å². The summed E-state index contributed by atoms with van der Waals surface area (Å²) in [5, 5.41) is 6.90. The number of carbonyl (C=O) groups excluding carboxylic acids is 2. The van der Waals surface area contributed by atoms with Gasteiger partial charge in [-0.15, -0.1) is 0 Å². The fraction of sp³-hybridized carbons (Fsp3) is 0.867. The van der Waals surface area contributed by atoms with Crippen LogP contribution in [0.5, 0.6) is 0 Å². The predicted octanol–water partition coefficient (Wildman–Crippen LogP) is 0.790. The lowest BCUT2D eigenvalue weighted by atomic mass is 9.96.